The first kappa shape index (κ1) is 14.6. The van der Waals surface area contributed by atoms with Gasteiger partial charge in [0.05, 0.1) is 10.6 Å². The number of rotatable bonds is 5. The number of hydrogen-bond donors (Lipinski definition) is 1. The molecule has 1 aromatic rings. The number of nitrogens with two attached hydrogens (primary N) is 1. The maximum Gasteiger partial charge on any atom is 0.278 e. The highest BCUT2D eigenvalue weighted by Crippen LogP contribution is 2.25. The Morgan fingerprint density at radius 2 is 2.06 bits per heavy atom. The summed E-state index contributed by atoms with van der Waals surface area (Å²) < 4.78 is 0. The molecule has 1 heterocycles. The molecule has 0 aliphatic rings. The van der Waals surface area contributed by atoms with Crippen molar-refractivity contribution in [1.82, 2.24) is 4.98 Å². The molecule has 0 radical (unpaired) electrons. The Morgan fingerprint density at radius 1 is 1.44 bits per heavy atom. The van der Waals surface area contributed by atoms with Gasteiger partial charge in [-0.2, -0.15) is 0 Å². The predicted octanol–water partition coefficient (Wildman–Crippen LogP) is 2.52. The van der Waals surface area contributed by atoms with Crippen LogP contribution < -0.4 is 5.73 Å². The third kappa shape index (κ3) is 3.50. The Hall–Kier alpha value is -1.49. The van der Waals surface area contributed by atoms with Gasteiger partial charge in [0.1, 0.15) is 0 Å². The lowest BCUT2D eigenvalue weighted by atomic mass is 9.98. The van der Waals surface area contributed by atoms with E-state index in [9.17, 15) is 10.1 Å². The van der Waals surface area contributed by atoms with Crippen LogP contribution in [0.2, 0.25) is 0 Å². The van der Waals surface area contributed by atoms with Gasteiger partial charge in [-0.15, -0.1) is 0 Å². The van der Waals surface area contributed by atoms with E-state index in [-0.39, 0.29) is 16.7 Å². The minimum Gasteiger partial charge on any atom is -0.327 e. The molecule has 5 heteroatoms. The average molecular weight is 251 g/mol. The molecule has 0 bridgehead atoms. The van der Waals surface area contributed by atoms with Crippen LogP contribution in [-0.4, -0.2) is 15.9 Å². The van der Waals surface area contributed by atoms with E-state index in [1.165, 1.54) is 0 Å². The van der Waals surface area contributed by atoms with Gasteiger partial charge in [-0.05, 0) is 26.2 Å². The van der Waals surface area contributed by atoms with Gasteiger partial charge in [0, 0.05) is 29.8 Å². The molecule has 0 aromatic carbocycles. The van der Waals surface area contributed by atoms with E-state index < -0.39 is 0 Å². The van der Waals surface area contributed by atoms with Gasteiger partial charge in [-0.25, -0.2) is 0 Å². The van der Waals surface area contributed by atoms with Crippen molar-refractivity contribution in [2.24, 2.45) is 11.7 Å². The van der Waals surface area contributed by atoms with Gasteiger partial charge in [0.25, 0.3) is 5.69 Å². The van der Waals surface area contributed by atoms with Crippen LogP contribution in [0.25, 0.3) is 0 Å². The second kappa shape index (κ2) is 5.91. The van der Waals surface area contributed by atoms with Crippen molar-refractivity contribution in [1.29, 1.82) is 0 Å². The molecule has 0 amide bonds. The lowest BCUT2D eigenvalue weighted by Gasteiger charge is -2.15. The van der Waals surface area contributed by atoms with Gasteiger partial charge in [0.2, 0.25) is 0 Å². The van der Waals surface area contributed by atoms with Crippen molar-refractivity contribution in [2.75, 3.05) is 0 Å². The summed E-state index contributed by atoms with van der Waals surface area (Å²) in [6.45, 7) is 7.67. The normalized spacial score (nSPS) is 12.8. The second-order valence-electron chi connectivity index (χ2n) is 5.21. The Balaban J connectivity index is 2.97. The minimum atomic E-state index is -0.343. The summed E-state index contributed by atoms with van der Waals surface area (Å²) in [5.74, 6) is 0.515. The molecule has 2 N–H and O–H groups in total. The fourth-order valence-electron chi connectivity index (χ4n) is 2.19. The van der Waals surface area contributed by atoms with Gasteiger partial charge in [-0.3, -0.25) is 15.1 Å². The summed E-state index contributed by atoms with van der Waals surface area (Å²) in [6.07, 6.45) is 3.04. The smallest absolute Gasteiger partial charge is 0.278 e. The zero-order chi connectivity index (χ0) is 13.9. The topological polar surface area (TPSA) is 82.0 Å². The van der Waals surface area contributed by atoms with Crippen LogP contribution in [0.4, 0.5) is 5.69 Å². The van der Waals surface area contributed by atoms with Crippen molar-refractivity contribution < 1.29 is 4.92 Å². The minimum absolute atomic E-state index is 0.00138. The Labute approximate surface area is 108 Å². The summed E-state index contributed by atoms with van der Waals surface area (Å²) in [4.78, 5) is 14.9. The Kier molecular flexibility index (Phi) is 4.78. The highest BCUT2D eigenvalue weighted by atomic mass is 16.6. The largest absolute Gasteiger partial charge is 0.327 e. The lowest BCUT2D eigenvalue weighted by molar-refractivity contribution is -0.386. The highest BCUT2D eigenvalue weighted by Gasteiger charge is 2.20. The Morgan fingerprint density at radius 3 is 2.56 bits per heavy atom. The summed E-state index contributed by atoms with van der Waals surface area (Å²) in [5.41, 5.74) is 8.16. The van der Waals surface area contributed by atoms with Crippen molar-refractivity contribution in [3.05, 3.63) is 33.1 Å². The summed E-state index contributed by atoms with van der Waals surface area (Å²) >= 11 is 0. The number of nitro groups is 1. The number of aromatic nitrogens is 1. The van der Waals surface area contributed by atoms with E-state index in [2.05, 4.69) is 18.8 Å². The molecule has 0 spiro atoms. The van der Waals surface area contributed by atoms with Crippen LogP contribution in [0, 0.1) is 29.9 Å². The van der Waals surface area contributed by atoms with E-state index in [1.54, 1.807) is 20.0 Å². The third-order valence-corrected chi connectivity index (χ3v) is 2.99. The summed E-state index contributed by atoms with van der Waals surface area (Å²) in [6, 6.07) is -0.00138. The maximum absolute atomic E-state index is 11.0. The standard InChI is InChI=1S/C13H21N3O2/c1-8(2)5-11(14)6-12-10(4)13(16(17)18)9(3)7-15-12/h7-8,11H,5-6,14H2,1-4H3. The van der Waals surface area contributed by atoms with Crippen LogP contribution in [0.1, 0.15) is 37.1 Å². The SMILES string of the molecule is Cc1cnc(CC(N)CC(C)C)c(C)c1[N+](=O)[O-]. The molecule has 1 aromatic heterocycles. The second-order valence-corrected chi connectivity index (χ2v) is 5.21. The van der Waals surface area contributed by atoms with Gasteiger partial charge in [-0.1, -0.05) is 13.8 Å². The van der Waals surface area contributed by atoms with Gasteiger partial charge < -0.3 is 5.73 Å². The molecule has 1 unspecified atom stereocenters. The zero-order valence-corrected chi connectivity index (χ0v) is 11.4. The number of pyridine rings is 1. The van der Waals surface area contributed by atoms with Crippen molar-refractivity contribution >= 4 is 5.69 Å². The fourth-order valence-corrected chi connectivity index (χ4v) is 2.19. The van der Waals surface area contributed by atoms with E-state index in [1.807, 2.05) is 0 Å². The molecule has 0 aliphatic heterocycles. The van der Waals surface area contributed by atoms with Crippen LogP contribution in [-0.2, 0) is 6.42 Å². The molecule has 0 aliphatic carbocycles. The first-order valence-corrected chi connectivity index (χ1v) is 6.18. The molecule has 5 nitrogen and oxygen atoms in total. The molecule has 0 saturated heterocycles. The molecule has 18 heavy (non-hydrogen) atoms. The van der Waals surface area contributed by atoms with Crippen LogP contribution in [0.3, 0.4) is 0 Å². The first-order valence-electron chi connectivity index (χ1n) is 6.18. The molecule has 0 saturated carbocycles. The zero-order valence-electron chi connectivity index (χ0n) is 11.4. The van der Waals surface area contributed by atoms with Crippen molar-refractivity contribution in [3.63, 3.8) is 0 Å². The van der Waals surface area contributed by atoms with Crippen LogP contribution in [0.5, 0.6) is 0 Å². The molecule has 0 fully saturated rings. The van der Waals surface area contributed by atoms with E-state index in [0.717, 1.165) is 12.1 Å². The Bertz CT molecular complexity index is 444. The van der Waals surface area contributed by atoms with E-state index in [0.29, 0.717) is 23.5 Å². The quantitative estimate of drug-likeness (QED) is 0.644. The summed E-state index contributed by atoms with van der Waals surface area (Å²) in [5, 5.41) is 11.0. The van der Waals surface area contributed by atoms with Gasteiger partial charge >= 0.3 is 0 Å². The van der Waals surface area contributed by atoms with Crippen LogP contribution in [0.15, 0.2) is 6.20 Å². The highest BCUT2D eigenvalue weighted by molar-refractivity contribution is 5.47. The lowest BCUT2D eigenvalue weighted by Crippen LogP contribution is -2.25. The monoisotopic (exact) mass is 251 g/mol. The molecular formula is C13H21N3O2. The van der Waals surface area contributed by atoms with Gasteiger partial charge in [0.15, 0.2) is 0 Å². The van der Waals surface area contributed by atoms with Crippen molar-refractivity contribution in [2.45, 2.75) is 46.6 Å². The maximum atomic E-state index is 11.0. The van der Waals surface area contributed by atoms with E-state index in [4.69, 9.17) is 5.73 Å². The third-order valence-electron chi connectivity index (χ3n) is 2.99. The predicted molar refractivity (Wildman–Crippen MR) is 71.5 cm³/mol. The molecular weight excluding hydrogens is 230 g/mol. The molecule has 1 atom stereocenters. The molecule has 1 rings (SSSR count). The number of nitrogens with zero attached hydrogens (tertiary/aromatic N) is 2. The first-order chi connectivity index (χ1) is 8.32. The fraction of sp³-hybridized carbons (Fsp3) is 0.615. The number of aryl methyl sites for hydroxylation is 1. The number of hydrogen-bond acceptors (Lipinski definition) is 4. The summed E-state index contributed by atoms with van der Waals surface area (Å²) in [7, 11) is 0. The average Bonchev–Trinajstić information content (AvgIpc) is 2.20. The molecule has 100 valence electrons. The van der Waals surface area contributed by atoms with E-state index >= 15 is 0 Å². The van der Waals surface area contributed by atoms with Crippen molar-refractivity contribution in [3.8, 4) is 0 Å². The van der Waals surface area contributed by atoms with Crippen LogP contribution >= 0.6 is 0 Å².